The zero-order valence-corrected chi connectivity index (χ0v) is 10.8. The molecule has 0 fully saturated rings. The molecule has 3 heterocycles. The minimum Gasteiger partial charge on any atom is -0.361 e. The van der Waals surface area contributed by atoms with Gasteiger partial charge < -0.3 is 14.4 Å². The third-order valence-electron chi connectivity index (χ3n) is 3.81. The van der Waals surface area contributed by atoms with E-state index >= 15 is 0 Å². The van der Waals surface area contributed by atoms with Gasteiger partial charge in [-0.25, -0.2) is 0 Å². The minimum absolute atomic E-state index is 0.0503. The second-order valence-electron chi connectivity index (χ2n) is 5.00. The number of fused-ring (bicyclic) bond motifs is 2. The van der Waals surface area contributed by atoms with E-state index in [1.54, 1.807) is 12.4 Å². The molecular weight excluding hydrogens is 254 g/mol. The summed E-state index contributed by atoms with van der Waals surface area (Å²) >= 11 is 0. The molecule has 1 aromatic carbocycles. The molecule has 0 saturated heterocycles. The molecule has 1 aliphatic heterocycles. The summed E-state index contributed by atoms with van der Waals surface area (Å²) in [5.41, 5.74) is 2.71. The number of H-pyrrole nitrogens is 1. The molecule has 2 aromatic heterocycles. The molecule has 5 heteroatoms. The predicted molar refractivity (Wildman–Crippen MR) is 73.2 cm³/mol. The largest absolute Gasteiger partial charge is 0.361 e. The average Bonchev–Trinajstić information content (AvgIpc) is 3.12. The van der Waals surface area contributed by atoms with E-state index in [1.165, 1.54) is 0 Å². The maximum absolute atomic E-state index is 12.7. The van der Waals surface area contributed by atoms with Crippen LogP contribution in [0.4, 0.5) is 0 Å². The van der Waals surface area contributed by atoms with E-state index in [-0.39, 0.29) is 5.91 Å². The third-order valence-corrected chi connectivity index (χ3v) is 3.81. The molecule has 0 unspecified atom stereocenters. The summed E-state index contributed by atoms with van der Waals surface area (Å²) in [5, 5.41) is 4.76. The molecule has 0 atom stereocenters. The Kier molecular flexibility index (Phi) is 2.39. The molecule has 4 rings (SSSR count). The van der Waals surface area contributed by atoms with Crippen molar-refractivity contribution in [2.24, 2.45) is 0 Å². The van der Waals surface area contributed by atoms with Crippen molar-refractivity contribution in [3.63, 3.8) is 0 Å². The zero-order chi connectivity index (χ0) is 13.5. The van der Waals surface area contributed by atoms with Crippen LogP contribution in [0, 0.1) is 0 Å². The molecule has 1 N–H and O–H groups in total. The first-order valence-electron chi connectivity index (χ1n) is 6.61. The highest BCUT2D eigenvalue weighted by Crippen LogP contribution is 2.23. The van der Waals surface area contributed by atoms with Crippen LogP contribution in [0.25, 0.3) is 10.9 Å². The normalized spacial score (nSPS) is 14.5. The van der Waals surface area contributed by atoms with Crippen molar-refractivity contribution < 1.29 is 9.32 Å². The molecule has 0 saturated carbocycles. The van der Waals surface area contributed by atoms with Gasteiger partial charge in [-0.2, -0.15) is 0 Å². The number of nitrogens with zero attached hydrogens (tertiary/aromatic N) is 2. The van der Waals surface area contributed by atoms with Gasteiger partial charge >= 0.3 is 0 Å². The van der Waals surface area contributed by atoms with Crippen LogP contribution in [0.5, 0.6) is 0 Å². The van der Waals surface area contributed by atoms with E-state index in [0.717, 1.165) is 34.2 Å². The average molecular weight is 267 g/mol. The second kappa shape index (κ2) is 4.23. The van der Waals surface area contributed by atoms with Crippen LogP contribution in [0.1, 0.15) is 21.7 Å². The molecule has 0 aliphatic carbocycles. The summed E-state index contributed by atoms with van der Waals surface area (Å²) < 4.78 is 5.15. The fourth-order valence-electron chi connectivity index (χ4n) is 2.73. The third kappa shape index (κ3) is 1.63. The number of benzene rings is 1. The standard InChI is InChI=1S/C15H13N3O2/c19-15(12-8-16-13-4-2-1-3-11(12)13)18-6-5-14-10(9-18)7-17-20-14/h1-4,7-8,16H,5-6,9H2. The van der Waals surface area contributed by atoms with Crippen LogP contribution in [-0.2, 0) is 13.0 Å². The molecule has 0 spiro atoms. The van der Waals surface area contributed by atoms with Crippen LogP contribution in [-0.4, -0.2) is 27.5 Å². The first-order valence-corrected chi connectivity index (χ1v) is 6.61. The van der Waals surface area contributed by atoms with Crippen molar-refractivity contribution in [1.29, 1.82) is 0 Å². The van der Waals surface area contributed by atoms with Gasteiger partial charge in [0.25, 0.3) is 5.91 Å². The van der Waals surface area contributed by atoms with Gasteiger partial charge in [-0.1, -0.05) is 23.4 Å². The molecule has 3 aromatic rings. The summed E-state index contributed by atoms with van der Waals surface area (Å²) in [6.07, 6.45) is 4.21. The molecule has 0 radical (unpaired) electrons. The Bertz CT molecular complexity index is 787. The van der Waals surface area contributed by atoms with Gasteiger partial charge in [-0.3, -0.25) is 4.79 Å². The Labute approximate surface area is 115 Å². The molecular formula is C15H13N3O2. The van der Waals surface area contributed by atoms with E-state index in [1.807, 2.05) is 29.2 Å². The quantitative estimate of drug-likeness (QED) is 0.736. The maximum Gasteiger partial charge on any atom is 0.256 e. The number of nitrogens with one attached hydrogen (secondary N) is 1. The topological polar surface area (TPSA) is 62.1 Å². The summed E-state index contributed by atoms with van der Waals surface area (Å²) in [4.78, 5) is 17.6. The number of amides is 1. The van der Waals surface area contributed by atoms with Crippen LogP contribution in [0.15, 0.2) is 41.2 Å². The van der Waals surface area contributed by atoms with Gasteiger partial charge in [0, 0.05) is 35.6 Å². The van der Waals surface area contributed by atoms with Gasteiger partial charge in [-0.05, 0) is 6.07 Å². The van der Waals surface area contributed by atoms with Crippen molar-refractivity contribution in [2.75, 3.05) is 6.54 Å². The lowest BCUT2D eigenvalue weighted by Gasteiger charge is -2.25. The SMILES string of the molecule is O=C(c1c[nH]c2ccccc12)N1CCc2oncc2C1. The predicted octanol–water partition coefficient (Wildman–Crippen LogP) is 2.35. The van der Waals surface area contributed by atoms with E-state index in [0.29, 0.717) is 13.1 Å². The first-order chi connectivity index (χ1) is 9.83. The minimum atomic E-state index is 0.0503. The highest BCUT2D eigenvalue weighted by molar-refractivity contribution is 6.06. The van der Waals surface area contributed by atoms with Gasteiger partial charge in [0.05, 0.1) is 18.3 Å². The van der Waals surface area contributed by atoms with E-state index < -0.39 is 0 Å². The molecule has 1 aliphatic rings. The Morgan fingerprint density at radius 2 is 2.25 bits per heavy atom. The molecule has 0 bridgehead atoms. The Morgan fingerprint density at radius 1 is 1.35 bits per heavy atom. The lowest BCUT2D eigenvalue weighted by atomic mass is 10.1. The van der Waals surface area contributed by atoms with Gasteiger partial charge in [0.2, 0.25) is 0 Å². The number of aromatic amines is 1. The molecule has 1 amide bonds. The number of rotatable bonds is 1. The van der Waals surface area contributed by atoms with Crippen LogP contribution < -0.4 is 0 Å². The smallest absolute Gasteiger partial charge is 0.256 e. The fraction of sp³-hybridized carbons (Fsp3) is 0.200. The number of carbonyl (C=O) groups is 1. The van der Waals surface area contributed by atoms with Crippen molar-refractivity contribution in [1.82, 2.24) is 15.0 Å². The lowest BCUT2D eigenvalue weighted by Crippen LogP contribution is -2.35. The highest BCUT2D eigenvalue weighted by atomic mass is 16.5. The molecule has 5 nitrogen and oxygen atoms in total. The van der Waals surface area contributed by atoms with E-state index in [9.17, 15) is 4.79 Å². The van der Waals surface area contributed by atoms with Gasteiger partial charge in [-0.15, -0.1) is 0 Å². The van der Waals surface area contributed by atoms with Crippen molar-refractivity contribution in [2.45, 2.75) is 13.0 Å². The highest BCUT2D eigenvalue weighted by Gasteiger charge is 2.25. The molecule has 100 valence electrons. The van der Waals surface area contributed by atoms with E-state index in [4.69, 9.17) is 4.52 Å². The Morgan fingerprint density at radius 3 is 3.20 bits per heavy atom. The van der Waals surface area contributed by atoms with Gasteiger partial charge in [0.1, 0.15) is 5.76 Å². The number of para-hydroxylation sites is 1. The fourth-order valence-corrected chi connectivity index (χ4v) is 2.73. The first kappa shape index (κ1) is 11.3. The second-order valence-corrected chi connectivity index (χ2v) is 5.00. The van der Waals surface area contributed by atoms with Gasteiger partial charge in [0.15, 0.2) is 0 Å². The Balaban J connectivity index is 1.68. The van der Waals surface area contributed by atoms with Crippen LogP contribution in [0.2, 0.25) is 0 Å². The van der Waals surface area contributed by atoms with Crippen LogP contribution in [0.3, 0.4) is 0 Å². The molecule has 20 heavy (non-hydrogen) atoms. The van der Waals surface area contributed by atoms with Crippen LogP contribution >= 0.6 is 0 Å². The van der Waals surface area contributed by atoms with Crippen molar-refractivity contribution in [3.8, 4) is 0 Å². The summed E-state index contributed by atoms with van der Waals surface area (Å²) in [6, 6.07) is 7.84. The number of carbonyl (C=O) groups excluding carboxylic acids is 1. The summed E-state index contributed by atoms with van der Waals surface area (Å²) in [6.45, 7) is 1.23. The lowest BCUT2D eigenvalue weighted by molar-refractivity contribution is 0.0731. The number of hydrogen-bond acceptors (Lipinski definition) is 3. The van der Waals surface area contributed by atoms with Crippen molar-refractivity contribution >= 4 is 16.8 Å². The summed E-state index contributed by atoms with van der Waals surface area (Å²) in [7, 11) is 0. The zero-order valence-electron chi connectivity index (χ0n) is 10.8. The van der Waals surface area contributed by atoms with Crippen molar-refractivity contribution in [3.05, 3.63) is 53.5 Å². The number of hydrogen-bond donors (Lipinski definition) is 1. The summed E-state index contributed by atoms with van der Waals surface area (Å²) in [5.74, 6) is 0.947. The maximum atomic E-state index is 12.7. The van der Waals surface area contributed by atoms with E-state index in [2.05, 4.69) is 10.1 Å². The Hall–Kier alpha value is -2.56. The monoisotopic (exact) mass is 267 g/mol. The number of aromatic nitrogens is 2.